The van der Waals surface area contributed by atoms with Crippen LogP contribution in [0.15, 0.2) is 20.7 Å². The molecular weight excluding hydrogens is 399 g/mol. The van der Waals surface area contributed by atoms with Crippen LogP contribution in [0.4, 0.5) is 0 Å². The molecule has 0 saturated carbocycles. The first-order valence-electron chi connectivity index (χ1n) is 6.37. The zero-order valence-electron chi connectivity index (χ0n) is 11.8. The van der Waals surface area contributed by atoms with Crippen molar-refractivity contribution >= 4 is 40.3 Å². The van der Waals surface area contributed by atoms with E-state index >= 15 is 0 Å². The van der Waals surface area contributed by atoms with E-state index in [1.807, 2.05) is 0 Å². The second kappa shape index (κ2) is 6.12. The SMILES string of the molecule is C=C(Br)CC1(C(=O)OC)CCCC=[C]1[Sn]([CH3])([CH3])[CH3]. The van der Waals surface area contributed by atoms with E-state index in [-0.39, 0.29) is 5.97 Å². The van der Waals surface area contributed by atoms with Crippen LogP contribution in [0.3, 0.4) is 0 Å². The summed E-state index contributed by atoms with van der Waals surface area (Å²) in [4.78, 5) is 19.5. The molecule has 0 heterocycles. The Morgan fingerprint density at radius 2 is 2.17 bits per heavy atom. The first-order valence-corrected chi connectivity index (χ1v) is 17.1. The van der Waals surface area contributed by atoms with Gasteiger partial charge in [-0.25, -0.2) is 0 Å². The summed E-state index contributed by atoms with van der Waals surface area (Å²) in [6.45, 7) is 3.93. The molecule has 0 aromatic rings. The van der Waals surface area contributed by atoms with E-state index in [1.54, 1.807) is 0 Å². The summed E-state index contributed by atoms with van der Waals surface area (Å²) < 4.78 is 7.40. The second-order valence-electron chi connectivity index (χ2n) is 6.03. The number of hydrogen-bond donors (Lipinski definition) is 0. The molecule has 0 amide bonds. The zero-order chi connectivity index (χ0) is 14.0. The molecule has 1 rings (SSSR count). The van der Waals surface area contributed by atoms with Crippen molar-refractivity contribution in [3.05, 3.63) is 20.7 Å². The van der Waals surface area contributed by atoms with Gasteiger partial charge in [-0.3, -0.25) is 0 Å². The van der Waals surface area contributed by atoms with E-state index in [4.69, 9.17) is 4.74 Å². The van der Waals surface area contributed by atoms with Crippen molar-refractivity contribution in [2.75, 3.05) is 7.11 Å². The molecule has 1 aliphatic carbocycles. The number of ether oxygens (including phenoxy) is 1. The molecular formula is C14H23BrO2Sn. The quantitative estimate of drug-likeness (QED) is 0.495. The summed E-state index contributed by atoms with van der Waals surface area (Å²) in [6.07, 6.45) is 6.02. The van der Waals surface area contributed by atoms with Gasteiger partial charge in [0, 0.05) is 0 Å². The number of esters is 1. The molecule has 1 aliphatic rings. The van der Waals surface area contributed by atoms with Gasteiger partial charge in [0.05, 0.1) is 0 Å². The van der Waals surface area contributed by atoms with E-state index in [1.165, 1.54) is 10.7 Å². The molecule has 0 aromatic heterocycles. The Morgan fingerprint density at radius 3 is 2.61 bits per heavy atom. The minimum atomic E-state index is -2.31. The van der Waals surface area contributed by atoms with Crippen LogP contribution >= 0.6 is 15.9 Å². The van der Waals surface area contributed by atoms with Crippen LogP contribution in [0.2, 0.25) is 14.8 Å². The number of rotatable bonds is 4. The molecule has 0 N–H and O–H groups in total. The average molecular weight is 422 g/mol. The molecule has 18 heavy (non-hydrogen) atoms. The van der Waals surface area contributed by atoms with Crippen LogP contribution in [0.5, 0.6) is 0 Å². The zero-order valence-corrected chi connectivity index (χ0v) is 16.2. The van der Waals surface area contributed by atoms with Gasteiger partial charge in [0.2, 0.25) is 0 Å². The molecule has 1 unspecified atom stereocenters. The topological polar surface area (TPSA) is 26.3 Å². The molecule has 1 atom stereocenters. The van der Waals surface area contributed by atoms with Crippen LogP contribution in [0, 0.1) is 5.41 Å². The molecule has 0 aromatic carbocycles. The summed E-state index contributed by atoms with van der Waals surface area (Å²) in [5.41, 5.74) is -0.443. The fraction of sp³-hybridized carbons (Fsp3) is 0.643. The van der Waals surface area contributed by atoms with E-state index in [2.05, 4.69) is 43.4 Å². The monoisotopic (exact) mass is 422 g/mol. The van der Waals surface area contributed by atoms with Crippen molar-refractivity contribution in [1.82, 2.24) is 0 Å². The summed E-state index contributed by atoms with van der Waals surface area (Å²) in [5.74, 6) is -0.0827. The minimum absolute atomic E-state index is 0.0827. The molecule has 2 nitrogen and oxygen atoms in total. The fourth-order valence-electron chi connectivity index (χ4n) is 2.99. The summed E-state index contributed by atoms with van der Waals surface area (Å²) >= 11 is 1.12. The van der Waals surface area contributed by atoms with Crippen LogP contribution in [0.1, 0.15) is 25.7 Å². The molecule has 4 heteroatoms. The Labute approximate surface area is 123 Å². The van der Waals surface area contributed by atoms with Gasteiger partial charge in [-0.2, -0.15) is 0 Å². The molecule has 0 aliphatic heterocycles. The molecule has 0 fully saturated rings. The first kappa shape index (κ1) is 16.3. The Hall–Kier alpha value is 0.229. The molecule has 0 saturated heterocycles. The van der Waals surface area contributed by atoms with Gasteiger partial charge in [-0.05, 0) is 0 Å². The van der Waals surface area contributed by atoms with Gasteiger partial charge in [0.1, 0.15) is 0 Å². The van der Waals surface area contributed by atoms with Crippen molar-refractivity contribution in [2.45, 2.75) is 40.5 Å². The fourth-order valence-corrected chi connectivity index (χ4v) is 10.6. The van der Waals surface area contributed by atoms with Crippen molar-refractivity contribution in [1.29, 1.82) is 0 Å². The second-order valence-corrected chi connectivity index (χ2v) is 21.5. The predicted molar refractivity (Wildman–Crippen MR) is 82.4 cm³/mol. The molecule has 0 spiro atoms. The number of carbonyl (C=O) groups is 1. The molecule has 0 bridgehead atoms. The molecule has 0 radical (unpaired) electrons. The van der Waals surface area contributed by atoms with Crippen LogP contribution in [-0.4, -0.2) is 31.5 Å². The van der Waals surface area contributed by atoms with Gasteiger partial charge >= 0.3 is 124 Å². The van der Waals surface area contributed by atoms with E-state index in [0.717, 1.165) is 23.7 Å². The third-order valence-electron chi connectivity index (χ3n) is 3.55. The maximum absolute atomic E-state index is 12.4. The Kier molecular flexibility index (Phi) is 5.54. The van der Waals surface area contributed by atoms with Crippen LogP contribution in [0.25, 0.3) is 0 Å². The van der Waals surface area contributed by atoms with E-state index in [0.29, 0.717) is 6.42 Å². The van der Waals surface area contributed by atoms with Crippen molar-refractivity contribution < 1.29 is 9.53 Å². The predicted octanol–water partition coefficient (Wildman–Crippen LogP) is 4.43. The summed E-state index contributed by atoms with van der Waals surface area (Å²) in [5, 5.41) is 0. The number of carbonyl (C=O) groups excluding carboxylic acids is 1. The number of allylic oxidation sites excluding steroid dienone is 2. The van der Waals surface area contributed by atoms with Gasteiger partial charge in [0.25, 0.3) is 0 Å². The number of halogens is 1. The van der Waals surface area contributed by atoms with Crippen LogP contribution in [-0.2, 0) is 9.53 Å². The maximum atomic E-state index is 12.4. The van der Waals surface area contributed by atoms with Gasteiger partial charge in [-0.15, -0.1) is 0 Å². The number of methoxy groups -OCH3 is 1. The van der Waals surface area contributed by atoms with E-state index in [9.17, 15) is 4.79 Å². The van der Waals surface area contributed by atoms with Gasteiger partial charge in [-0.1, -0.05) is 0 Å². The Morgan fingerprint density at radius 1 is 1.56 bits per heavy atom. The Bertz CT molecular complexity index is 382. The third-order valence-corrected chi connectivity index (χ3v) is 10.4. The first-order chi connectivity index (χ1) is 8.24. The van der Waals surface area contributed by atoms with Crippen molar-refractivity contribution in [3.63, 3.8) is 0 Å². The van der Waals surface area contributed by atoms with Crippen molar-refractivity contribution in [3.8, 4) is 0 Å². The third kappa shape index (κ3) is 3.41. The van der Waals surface area contributed by atoms with Crippen LogP contribution < -0.4 is 0 Å². The molecule has 102 valence electrons. The van der Waals surface area contributed by atoms with Gasteiger partial charge < -0.3 is 0 Å². The van der Waals surface area contributed by atoms with Gasteiger partial charge in [0.15, 0.2) is 0 Å². The van der Waals surface area contributed by atoms with Crippen molar-refractivity contribution in [2.24, 2.45) is 5.41 Å². The summed E-state index contributed by atoms with van der Waals surface area (Å²) in [7, 11) is 1.49. The average Bonchev–Trinajstić information content (AvgIpc) is 2.26. The number of hydrogen-bond acceptors (Lipinski definition) is 2. The normalized spacial score (nSPS) is 24.4. The standard InChI is InChI=1S/C11H14BrO2.3CH3.Sn/c1-9(12)8-11(10(13)14-2)6-4-3-5-7-11;;;;/h4H,1,3,5,7-8H2,2H3;3*1H3;. The van der Waals surface area contributed by atoms with E-state index < -0.39 is 23.8 Å². The summed E-state index contributed by atoms with van der Waals surface area (Å²) in [6, 6.07) is 0. The Balaban J connectivity index is 3.30.